The standard InChI is InChI=1S/C13H17BrN2O2/c1-9(13(15)17)16-6-7-18-12(8-16)10-4-2-3-5-11(10)14/h2-5,9,12H,6-8H2,1H3,(H2,15,17)/t9-,12-/m0/s1. The number of carbonyl (C=O) groups excluding carboxylic acids is 1. The maximum absolute atomic E-state index is 11.2. The van der Waals surface area contributed by atoms with Crippen molar-refractivity contribution >= 4 is 21.8 Å². The molecule has 0 radical (unpaired) electrons. The molecule has 18 heavy (non-hydrogen) atoms. The molecule has 1 aliphatic heterocycles. The van der Waals surface area contributed by atoms with Crippen LogP contribution in [0, 0.1) is 0 Å². The molecule has 1 amide bonds. The Hall–Kier alpha value is -0.910. The molecule has 1 aromatic carbocycles. The van der Waals surface area contributed by atoms with Crippen LogP contribution in [0.3, 0.4) is 0 Å². The fraction of sp³-hybridized carbons (Fsp3) is 0.462. The fourth-order valence-corrected chi connectivity index (χ4v) is 2.67. The zero-order valence-corrected chi connectivity index (χ0v) is 11.9. The highest BCUT2D eigenvalue weighted by Crippen LogP contribution is 2.29. The van der Waals surface area contributed by atoms with E-state index in [1.54, 1.807) is 0 Å². The van der Waals surface area contributed by atoms with Crippen molar-refractivity contribution in [2.45, 2.75) is 19.1 Å². The molecule has 1 fully saturated rings. The van der Waals surface area contributed by atoms with E-state index in [1.807, 2.05) is 31.2 Å². The third-order valence-corrected chi connectivity index (χ3v) is 4.03. The van der Waals surface area contributed by atoms with E-state index in [9.17, 15) is 4.79 Å². The number of benzene rings is 1. The van der Waals surface area contributed by atoms with Crippen molar-refractivity contribution in [2.75, 3.05) is 19.7 Å². The number of amides is 1. The highest BCUT2D eigenvalue weighted by atomic mass is 79.9. The topological polar surface area (TPSA) is 55.6 Å². The first-order valence-electron chi connectivity index (χ1n) is 5.99. The molecule has 2 N–H and O–H groups in total. The Balaban J connectivity index is 2.12. The van der Waals surface area contributed by atoms with Crippen LogP contribution in [-0.2, 0) is 9.53 Å². The van der Waals surface area contributed by atoms with E-state index in [2.05, 4.69) is 20.8 Å². The summed E-state index contributed by atoms with van der Waals surface area (Å²) in [4.78, 5) is 13.3. The maximum Gasteiger partial charge on any atom is 0.234 e. The lowest BCUT2D eigenvalue weighted by molar-refractivity contribution is -0.126. The smallest absolute Gasteiger partial charge is 0.234 e. The third kappa shape index (κ3) is 2.91. The second kappa shape index (κ2) is 5.82. The van der Waals surface area contributed by atoms with Crippen LogP contribution in [0.2, 0.25) is 0 Å². The van der Waals surface area contributed by atoms with Gasteiger partial charge in [0.15, 0.2) is 0 Å². The minimum atomic E-state index is -0.289. The molecule has 1 aromatic rings. The van der Waals surface area contributed by atoms with Crippen LogP contribution in [0.4, 0.5) is 0 Å². The molecular weight excluding hydrogens is 296 g/mol. The predicted octanol–water partition coefficient (Wildman–Crippen LogP) is 1.70. The monoisotopic (exact) mass is 312 g/mol. The van der Waals surface area contributed by atoms with E-state index in [4.69, 9.17) is 10.5 Å². The normalized spacial score (nSPS) is 22.7. The summed E-state index contributed by atoms with van der Waals surface area (Å²) in [6, 6.07) is 7.74. The molecule has 1 saturated heterocycles. The number of nitrogens with two attached hydrogens (primary N) is 1. The number of rotatable bonds is 3. The predicted molar refractivity (Wildman–Crippen MR) is 73.1 cm³/mol. The van der Waals surface area contributed by atoms with Crippen LogP contribution in [-0.4, -0.2) is 36.5 Å². The van der Waals surface area contributed by atoms with Crippen molar-refractivity contribution in [2.24, 2.45) is 5.73 Å². The Kier molecular flexibility index (Phi) is 4.37. The van der Waals surface area contributed by atoms with Gasteiger partial charge in [0.25, 0.3) is 0 Å². The Labute approximate surface area is 115 Å². The number of halogens is 1. The molecule has 98 valence electrons. The lowest BCUT2D eigenvalue weighted by Gasteiger charge is -2.36. The Morgan fingerprint density at radius 1 is 1.56 bits per heavy atom. The Morgan fingerprint density at radius 3 is 2.94 bits per heavy atom. The van der Waals surface area contributed by atoms with Crippen LogP contribution in [0.1, 0.15) is 18.6 Å². The first-order valence-corrected chi connectivity index (χ1v) is 6.78. The zero-order valence-electron chi connectivity index (χ0n) is 10.3. The highest BCUT2D eigenvalue weighted by Gasteiger charge is 2.28. The minimum absolute atomic E-state index is 0.0175. The van der Waals surface area contributed by atoms with Gasteiger partial charge in [0.05, 0.1) is 18.8 Å². The summed E-state index contributed by atoms with van der Waals surface area (Å²) in [6.07, 6.45) is -0.0175. The van der Waals surface area contributed by atoms with Gasteiger partial charge < -0.3 is 10.5 Å². The van der Waals surface area contributed by atoms with Gasteiger partial charge in [-0.15, -0.1) is 0 Å². The molecule has 4 nitrogen and oxygen atoms in total. The number of hydrogen-bond donors (Lipinski definition) is 1. The molecule has 0 aromatic heterocycles. The van der Waals surface area contributed by atoms with Crippen molar-refractivity contribution in [3.05, 3.63) is 34.3 Å². The Morgan fingerprint density at radius 2 is 2.28 bits per heavy atom. The van der Waals surface area contributed by atoms with Crippen molar-refractivity contribution in [3.8, 4) is 0 Å². The fourth-order valence-electron chi connectivity index (χ4n) is 2.13. The summed E-state index contributed by atoms with van der Waals surface area (Å²) in [5, 5.41) is 0. The van der Waals surface area contributed by atoms with Crippen molar-refractivity contribution in [1.82, 2.24) is 4.90 Å². The number of hydrogen-bond acceptors (Lipinski definition) is 3. The summed E-state index contributed by atoms with van der Waals surface area (Å²) < 4.78 is 6.81. The van der Waals surface area contributed by atoms with E-state index in [1.165, 1.54) is 0 Å². The summed E-state index contributed by atoms with van der Waals surface area (Å²) in [5.41, 5.74) is 6.46. The van der Waals surface area contributed by atoms with Gasteiger partial charge in [0.1, 0.15) is 0 Å². The second-order valence-corrected chi connectivity index (χ2v) is 5.31. The van der Waals surface area contributed by atoms with Crippen molar-refractivity contribution < 1.29 is 9.53 Å². The molecule has 2 atom stereocenters. The van der Waals surface area contributed by atoms with Crippen LogP contribution >= 0.6 is 15.9 Å². The van der Waals surface area contributed by atoms with Gasteiger partial charge in [-0.2, -0.15) is 0 Å². The van der Waals surface area contributed by atoms with Gasteiger partial charge in [-0.25, -0.2) is 0 Å². The van der Waals surface area contributed by atoms with Gasteiger partial charge in [-0.05, 0) is 18.6 Å². The number of carbonyl (C=O) groups is 1. The molecule has 0 aliphatic carbocycles. The van der Waals surface area contributed by atoms with Gasteiger partial charge >= 0.3 is 0 Å². The molecule has 0 spiro atoms. The zero-order chi connectivity index (χ0) is 13.1. The summed E-state index contributed by atoms with van der Waals surface area (Å²) in [7, 11) is 0. The average molecular weight is 313 g/mol. The van der Waals surface area contributed by atoms with Crippen LogP contribution in [0.25, 0.3) is 0 Å². The van der Waals surface area contributed by atoms with Gasteiger partial charge in [0, 0.05) is 17.6 Å². The van der Waals surface area contributed by atoms with Gasteiger partial charge in [-0.1, -0.05) is 34.1 Å². The summed E-state index contributed by atoms with van der Waals surface area (Å²) in [6.45, 7) is 3.88. The first-order chi connectivity index (χ1) is 8.59. The van der Waals surface area contributed by atoms with Crippen LogP contribution < -0.4 is 5.73 Å². The quantitative estimate of drug-likeness (QED) is 0.924. The third-order valence-electron chi connectivity index (χ3n) is 3.31. The molecule has 5 heteroatoms. The van der Waals surface area contributed by atoms with Crippen LogP contribution in [0.5, 0.6) is 0 Å². The van der Waals surface area contributed by atoms with E-state index >= 15 is 0 Å². The van der Waals surface area contributed by atoms with E-state index in [0.29, 0.717) is 13.2 Å². The van der Waals surface area contributed by atoms with Gasteiger partial charge in [0.2, 0.25) is 5.91 Å². The molecule has 0 unspecified atom stereocenters. The summed E-state index contributed by atoms with van der Waals surface area (Å²) >= 11 is 3.53. The van der Waals surface area contributed by atoms with Crippen LogP contribution in [0.15, 0.2) is 28.7 Å². The minimum Gasteiger partial charge on any atom is -0.371 e. The maximum atomic E-state index is 11.2. The SMILES string of the molecule is C[C@@H](C(N)=O)N1CCO[C@H](c2ccccc2Br)C1. The Bertz CT molecular complexity index is 439. The van der Waals surface area contributed by atoms with E-state index < -0.39 is 0 Å². The molecule has 0 saturated carbocycles. The largest absolute Gasteiger partial charge is 0.371 e. The number of nitrogens with zero attached hydrogens (tertiary/aromatic N) is 1. The molecule has 1 heterocycles. The molecule has 2 rings (SSSR count). The average Bonchev–Trinajstić information content (AvgIpc) is 2.38. The molecule has 0 bridgehead atoms. The molecular formula is C13H17BrN2O2. The lowest BCUT2D eigenvalue weighted by atomic mass is 10.1. The molecule has 1 aliphatic rings. The first kappa shape index (κ1) is 13.5. The second-order valence-electron chi connectivity index (χ2n) is 4.45. The summed E-state index contributed by atoms with van der Waals surface area (Å²) in [5.74, 6) is -0.289. The van der Waals surface area contributed by atoms with E-state index in [-0.39, 0.29) is 18.1 Å². The van der Waals surface area contributed by atoms with Gasteiger partial charge in [-0.3, -0.25) is 9.69 Å². The highest BCUT2D eigenvalue weighted by molar-refractivity contribution is 9.10. The number of morpholine rings is 1. The number of ether oxygens (including phenoxy) is 1. The van der Waals surface area contributed by atoms with Crippen molar-refractivity contribution in [1.29, 1.82) is 0 Å². The van der Waals surface area contributed by atoms with Crippen molar-refractivity contribution in [3.63, 3.8) is 0 Å². The van der Waals surface area contributed by atoms with E-state index in [0.717, 1.165) is 16.6 Å². The number of primary amides is 1. The lowest BCUT2D eigenvalue weighted by Crippen LogP contribution is -2.49.